The number of ether oxygens (including phenoxy) is 1. The smallest absolute Gasteiger partial charge is 0.340 e. The number of nitro groups is 4. The molecule has 0 saturated carbocycles. The number of rotatable bonds is 28. The number of fused-ring (bicyclic) bond motifs is 12. The fourth-order valence-electron chi connectivity index (χ4n) is 16.7. The Kier molecular flexibility index (Phi) is 30.4. The molecule has 0 spiro atoms. The van der Waals surface area contributed by atoms with Crippen LogP contribution in [0.25, 0.3) is 110 Å². The van der Waals surface area contributed by atoms with Crippen LogP contribution in [-0.4, -0.2) is 115 Å². The molecule has 0 aliphatic carbocycles. The zero-order valence-electron chi connectivity index (χ0n) is 78.5. The van der Waals surface area contributed by atoms with Crippen LogP contribution in [0.2, 0.25) is 0 Å². The number of aryl methyl sites for hydroxylation is 2. The van der Waals surface area contributed by atoms with Crippen molar-refractivity contribution in [1.29, 1.82) is 0 Å². The number of Topliss-reactive ketones (excluding diaryl/α,β-unsaturated/α-hetero) is 2. The third-order valence-corrected chi connectivity index (χ3v) is 23.3. The third-order valence-electron chi connectivity index (χ3n) is 23.3. The molecule has 18 aromatic rings. The van der Waals surface area contributed by atoms with Gasteiger partial charge in [-0.15, -0.1) is 0 Å². The number of non-ortho nitro benzene ring substituents is 4. The molecule has 0 fully saturated rings. The van der Waals surface area contributed by atoms with E-state index in [1.54, 1.807) is 122 Å². The summed E-state index contributed by atoms with van der Waals surface area (Å²) >= 11 is 0. The summed E-state index contributed by atoms with van der Waals surface area (Å²) < 4.78 is 80.0. The minimum absolute atomic E-state index is 0.00158. The maximum atomic E-state index is 13.8. The van der Waals surface area contributed by atoms with Gasteiger partial charge in [-0.2, -0.15) is 8.78 Å². The predicted octanol–water partition coefficient (Wildman–Crippen LogP) is 25.2. The zero-order chi connectivity index (χ0) is 103. The average molecular weight is 1960 g/mol. The van der Waals surface area contributed by atoms with Gasteiger partial charge in [0.1, 0.15) is 34.4 Å². The molecule has 0 N–H and O–H groups in total. The van der Waals surface area contributed by atoms with Gasteiger partial charge in [-0.05, 0) is 190 Å². The van der Waals surface area contributed by atoms with Crippen LogP contribution in [0.4, 0.5) is 44.7 Å². The van der Waals surface area contributed by atoms with Gasteiger partial charge in [0.05, 0.1) is 75.2 Å². The number of oxime groups is 4. The topological polar surface area (TPSA) is 390 Å². The second kappa shape index (κ2) is 43.7. The highest BCUT2D eigenvalue weighted by atomic mass is 19.3. The molecule has 0 amide bonds. The number of nitro benzene ring substituents is 4. The summed E-state index contributed by atoms with van der Waals surface area (Å²) in [5, 5.41) is 67.4. The zero-order valence-corrected chi connectivity index (χ0v) is 78.5. The van der Waals surface area contributed by atoms with Crippen LogP contribution in [0.3, 0.4) is 0 Å². The Hall–Kier alpha value is -18.8. The second-order valence-corrected chi connectivity index (χ2v) is 33.1. The van der Waals surface area contributed by atoms with E-state index in [0.29, 0.717) is 68.5 Å². The molecule has 0 unspecified atom stereocenters. The standard InChI is InChI=1S/C31H23F4N3O5.C28H20FN3O4.C26H23N3O5.C24H19N3O5/c1-18-11-13-22(29(36-43-19(2)39)23-8-4-6-10-28(23)42-17-31(34,35)30(32)33)27(15-18)37-25-9-5-3-7-21(25)24-16-20(38(40)41)12-14-26(24)37;1-17-7-13-23(28(30-36-18(2)33)19-8-10-20(29)11-9-19)27(15-17)31-25-6-4-3-5-22(25)24-16-21(32(34)35)12-14-26(24)31;1-3-4-8-23(27-34-17(2)30)26(31)18-10-12-19(13-11-18)28-24-9-6-5-7-21(24)22-16-20(29(32)33)14-15-25(22)28;1-3-21(25-32-15(2)28)24(29)16-8-10-17(11-9-16)26-22-7-5-4-6-19(22)20-14-18(27(30)31)12-13-23(20)26/h3-16,30H,17H2,1-2H3;3-16H,1-2H3;5-7,9-16H,3-4,8H2,1-2H3;4-14H,3H2,1-2H3/b36-29-;30-28+;27-23-;25-21-. The number of carbonyl (C=O) groups is 6. The van der Waals surface area contributed by atoms with Gasteiger partial charge in [0.25, 0.3) is 22.7 Å². The van der Waals surface area contributed by atoms with Crippen molar-refractivity contribution in [1.82, 2.24) is 18.3 Å². The van der Waals surface area contributed by atoms with Crippen molar-refractivity contribution in [2.75, 3.05) is 6.61 Å². The van der Waals surface area contributed by atoms with E-state index in [9.17, 15) is 91.2 Å². The van der Waals surface area contributed by atoms with E-state index in [1.807, 2.05) is 166 Å². The molecule has 0 aliphatic rings. The fourth-order valence-corrected chi connectivity index (χ4v) is 16.7. The first kappa shape index (κ1) is 101. The van der Waals surface area contributed by atoms with E-state index < -0.39 is 68.3 Å². The summed E-state index contributed by atoms with van der Waals surface area (Å²) in [6, 6.07) is 85.7. The van der Waals surface area contributed by atoms with Gasteiger partial charge >= 0.3 is 36.2 Å². The molecule has 0 aliphatic heterocycles. The SMILES string of the molecule is CC(=O)O/N=C(\c1ccc(F)cc1)c1ccc(C)cc1-n1c2ccccc2c2cc([N+](=O)[O-])ccc21.CC(=O)O/N=C(\c1ccccc1OCC(F)(F)C(F)F)c1ccc(C)cc1-n1c2ccccc2c2cc([N+](=O)[O-])ccc21.CC/C(=N/OC(C)=O)C(=O)c1ccc(-n2c3ccccc3c3cc([N+](=O)[O-])ccc32)cc1.CCCC/C(=N/OC(C)=O)C(=O)c1ccc(-n2c3ccccc3c3cc([N+](=O)[O-])ccc32)cc1. The Morgan fingerprint density at radius 1 is 0.359 bits per heavy atom. The highest BCUT2D eigenvalue weighted by Gasteiger charge is 2.42. The molecule has 0 atom stereocenters. The molecule has 14 aromatic carbocycles. The first-order chi connectivity index (χ1) is 69.6. The third kappa shape index (κ3) is 22.0. The van der Waals surface area contributed by atoms with Crippen molar-refractivity contribution in [2.24, 2.45) is 20.6 Å². The normalized spacial score (nSPS) is 11.8. The minimum Gasteiger partial charge on any atom is -0.486 e. The molecule has 0 bridgehead atoms. The van der Waals surface area contributed by atoms with Gasteiger partial charge in [0.15, 0.2) is 6.61 Å². The number of carbonyl (C=O) groups excluding carboxylic acids is 6. The molecule has 4 heterocycles. The molecular formula is C109H85F5N12O19. The predicted molar refractivity (Wildman–Crippen MR) is 540 cm³/mol. The second-order valence-electron chi connectivity index (χ2n) is 33.1. The van der Waals surface area contributed by atoms with Gasteiger partial charge in [0, 0.05) is 164 Å². The maximum Gasteiger partial charge on any atom is 0.340 e. The number of para-hydroxylation sites is 5. The number of hydrogen-bond donors (Lipinski definition) is 0. The number of alkyl halides is 4. The number of aromatic nitrogens is 4. The van der Waals surface area contributed by atoms with Crippen LogP contribution in [0.5, 0.6) is 5.75 Å². The van der Waals surface area contributed by atoms with E-state index in [4.69, 9.17) is 19.2 Å². The number of hydrogen-bond acceptors (Lipinski definition) is 23. The molecule has 0 saturated heterocycles. The summed E-state index contributed by atoms with van der Waals surface area (Å²) in [6.45, 7) is 10.8. The van der Waals surface area contributed by atoms with Crippen molar-refractivity contribution in [3.8, 4) is 28.5 Å². The summed E-state index contributed by atoms with van der Waals surface area (Å²) in [7, 11) is 0. The highest BCUT2D eigenvalue weighted by Crippen LogP contribution is 2.42. The number of halogens is 5. The van der Waals surface area contributed by atoms with Crippen LogP contribution in [0.15, 0.2) is 324 Å². The van der Waals surface area contributed by atoms with Gasteiger partial charge < -0.3 is 42.4 Å². The van der Waals surface area contributed by atoms with Crippen LogP contribution in [-0.2, 0) is 38.5 Å². The Labute approximate surface area is 820 Å². The molecule has 145 heavy (non-hydrogen) atoms. The molecular weight excluding hydrogens is 1880 g/mol. The van der Waals surface area contributed by atoms with Gasteiger partial charge in [-0.1, -0.05) is 150 Å². The van der Waals surface area contributed by atoms with E-state index in [1.165, 1.54) is 81.4 Å². The Bertz CT molecular complexity index is 8360. The van der Waals surface area contributed by atoms with E-state index in [-0.39, 0.29) is 62.8 Å². The van der Waals surface area contributed by atoms with E-state index in [2.05, 4.69) is 25.5 Å². The lowest BCUT2D eigenvalue weighted by molar-refractivity contribution is -0.384. The largest absolute Gasteiger partial charge is 0.486 e. The minimum atomic E-state index is -4.42. The van der Waals surface area contributed by atoms with Crippen LogP contribution >= 0.6 is 0 Å². The highest BCUT2D eigenvalue weighted by molar-refractivity contribution is 6.46. The monoisotopic (exact) mass is 1960 g/mol. The lowest BCUT2D eigenvalue weighted by Gasteiger charge is -2.20. The van der Waals surface area contributed by atoms with Crippen LogP contribution in [0, 0.1) is 60.1 Å². The molecule has 4 aromatic heterocycles. The molecule has 730 valence electrons. The molecule has 36 heteroatoms. The molecule has 0 radical (unpaired) electrons. The van der Waals surface area contributed by atoms with Crippen LogP contribution in [0.1, 0.15) is 121 Å². The average Bonchev–Trinajstić information content (AvgIpc) is 1.62. The van der Waals surface area contributed by atoms with Crippen molar-refractivity contribution in [3.63, 3.8) is 0 Å². The molecule has 31 nitrogen and oxygen atoms in total. The maximum absolute atomic E-state index is 13.8. The fraction of sp³-hybridized carbons (Fsp3) is 0.138. The van der Waals surface area contributed by atoms with Crippen molar-refractivity contribution < 1.29 is 94.5 Å². The molecule has 18 rings (SSSR count). The van der Waals surface area contributed by atoms with E-state index in [0.717, 1.165) is 119 Å². The van der Waals surface area contributed by atoms with Gasteiger partial charge in [-0.3, -0.25) is 50.0 Å². The van der Waals surface area contributed by atoms with Crippen LogP contribution < -0.4 is 4.74 Å². The van der Waals surface area contributed by atoms with E-state index >= 15 is 0 Å². The van der Waals surface area contributed by atoms with Gasteiger partial charge in [0.2, 0.25) is 11.6 Å². The lowest BCUT2D eigenvalue weighted by atomic mass is 9.98. The lowest BCUT2D eigenvalue weighted by Crippen LogP contribution is -2.34. The number of nitrogens with zero attached hydrogens (tertiary/aromatic N) is 12. The Morgan fingerprint density at radius 3 is 1.06 bits per heavy atom. The number of benzene rings is 14. The van der Waals surface area contributed by atoms with Crippen molar-refractivity contribution in [2.45, 2.75) is 93.4 Å². The summed E-state index contributed by atoms with van der Waals surface area (Å²) in [6.07, 6.45) is -1.59. The summed E-state index contributed by atoms with van der Waals surface area (Å²) in [5.41, 5.74) is 14.1. The first-order valence-electron chi connectivity index (χ1n) is 45.0. The number of unbranched alkanes of at least 4 members (excludes halogenated alkanes) is 1. The Balaban J connectivity index is 0.000000146. The quantitative estimate of drug-likeness (QED) is 0.0110. The first-order valence-corrected chi connectivity index (χ1v) is 45.0. The Morgan fingerprint density at radius 2 is 0.683 bits per heavy atom. The summed E-state index contributed by atoms with van der Waals surface area (Å²) in [4.78, 5) is 135. The van der Waals surface area contributed by atoms with Gasteiger partial charge in [-0.25, -0.2) is 32.3 Å². The number of ketones is 2. The van der Waals surface area contributed by atoms with Crippen molar-refractivity contribution >= 4 is 168 Å². The summed E-state index contributed by atoms with van der Waals surface area (Å²) in [5.74, 6) is -8.16. The van der Waals surface area contributed by atoms with Crippen molar-refractivity contribution in [3.05, 3.63) is 394 Å².